The van der Waals surface area contributed by atoms with Gasteiger partial charge in [-0.2, -0.15) is 0 Å². The lowest BCUT2D eigenvalue weighted by Gasteiger charge is -2.36. The van der Waals surface area contributed by atoms with E-state index >= 15 is 0 Å². The molecule has 164 valence electrons. The Morgan fingerprint density at radius 1 is 0.906 bits per heavy atom. The van der Waals surface area contributed by atoms with Crippen LogP contribution < -0.4 is 10.2 Å². The van der Waals surface area contributed by atoms with Crippen LogP contribution in [0.15, 0.2) is 42.7 Å². The van der Waals surface area contributed by atoms with Crippen LogP contribution in [0.3, 0.4) is 0 Å². The van der Waals surface area contributed by atoms with Crippen LogP contribution in [-0.4, -0.2) is 70.6 Å². The number of benzene rings is 1. The van der Waals surface area contributed by atoms with E-state index in [2.05, 4.69) is 20.1 Å². The first-order chi connectivity index (χ1) is 15.5. The number of piperazine rings is 1. The molecule has 4 heterocycles. The first-order valence-corrected chi connectivity index (χ1v) is 10.7. The van der Waals surface area contributed by atoms with E-state index in [1.54, 1.807) is 24.5 Å². The molecule has 1 aromatic carbocycles. The number of imide groups is 2. The second-order valence-electron chi connectivity index (χ2n) is 8.30. The van der Waals surface area contributed by atoms with Crippen LogP contribution in [-0.2, 0) is 16.1 Å². The fourth-order valence-corrected chi connectivity index (χ4v) is 4.59. The number of hydrogen-bond acceptors (Lipinski definition) is 7. The molecular formula is C23H23N5O4. The summed E-state index contributed by atoms with van der Waals surface area (Å²) in [5.74, 6) is -1.92. The van der Waals surface area contributed by atoms with E-state index < -0.39 is 23.8 Å². The van der Waals surface area contributed by atoms with Crippen molar-refractivity contribution >= 4 is 29.3 Å². The second kappa shape index (κ2) is 8.16. The number of carbonyl (C=O) groups excluding carboxylic acids is 4. The van der Waals surface area contributed by atoms with Gasteiger partial charge in [-0.15, -0.1) is 0 Å². The van der Waals surface area contributed by atoms with Gasteiger partial charge >= 0.3 is 0 Å². The average molecular weight is 433 g/mol. The van der Waals surface area contributed by atoms with Crippen molar-refractivity contribution in [3.63, 3.8) is 0 Å². The van der Waals surface area contributed by atoms with Gasteiger partial charge in [0.05, 0.1) is 11.1 Å². The average Bonchev–Trinajstić information content (AvgIpc) is 3.05. The Balaban J connectivity index is 1.26. The van der Waals surface area contributed by atoms with Crippen molar-refractivity contribution < 1.29 is 19.2 Å². The molecule has 9 heteroatoms. The third-order valence-electron chi connectivity index (χ3n) is 6.31. The summed E-state index contributed by atoms with van der Waals surface area (Å²) in [6.45, 7) is 4.24. The first kappa shape index (κ1) is 20.3. The molecule has 5 rings (SSSR count). The first-order valence-electron chi connectivity index (χ1n) is 10.7. The standard InChI is InChI=1S/C23H23N5O4/c29-20-4-3-19(21(30)25-20)28-22(31)17-2-1-15(13-18(17)23(28)32)14-26-9-11-27(12-10-26)16-5-7-24-8-6-16/h1-2,5-8,13,19H,3-4,9-12,14H2,(H,25,29,30). The highest BCUT2D eigenvalue weighted by Gasteiger charge is 2.44. The monoisotopic (exact) mass is 433 g/mol. The zero-order chi connectivity index (χ0) is 22.2. The van der Waals surface area contributed by atoms with Gasteiger partial charge in [0.15, 0.2) is 0 Å². The molecule has 0 spiro atoms. The number of rotatable bonds is 4. The predicted molar refractivity (Wildman–Crippen MR) is 115 cm³/mol. The van der Waals surface area contributed by atoms with Gasteiger partial charge in [-0.1, -0.05) is 6.07 Å². The third-order valence-corrected chi connectivity index (χ3v) is 6.31. The minimum atomic E-state index is -0.940. The Hall–Kier alpha value is -3.59. The van der Waals surface area contributed by atoms with Crippen LogP contribution >= 0.6 is 0 Å². The Kier molecular flexibility index (Phi) is 5.18. The molecule has 4 amide bonds. The molecule has 1 unspecified atom stereocenters. The number of pyridine rings is 1. The van der Waals surface area contributed by atoms with Crippen LogP contribution in [0.1, 0.15) is 39.1 Å². The zero-order valence-corrected chi connectivity index (χ0v) is 17.5. The largest absolute Gasteiger partial charge is 0.369 e. The highest BCUT2D eigenvalue weighted by atomic mass is 16.2. The van der Waals surface area contributed by atoms with Crippen molar-refractivity contribution in [2.45, 2.75) is 25.4 Å². The summed E-state index contributed by atoms with van der Waals surface area (Å²) in [6.07, 6.45) is 3.86. The summed E-state index contributed by atoms with van der Waals surface area (Å²) in [5.41, 5.74) is 2.75. The number of nitrogens with zero attached hydrogens (tertiary/aromatic N) is 4. The lowest BCUT2D eigenvalue weighted by Crippen LogP contribution is -2.54. The Morgan fingerprint density at radius 2 is 1.62 bits per heavy atom. The fraction of sp³-hybridized carbons (Fsp3) is 0.348. The Morgan fingerprint density at radius 3 is 2.34 bits per heavy atom. The van der Waals surface area contributed by atoms with Gasteiger partial charge in [0, 0.05) is 57.2 Å². The number of piperidine rings is 1. The van der Waals surface area contributed by atoms with Crippen molar-refractivity contribution in [1.29, 1.82) is 0 Å². The maximum absolute atomic E-state index is 13.0. The van der Waals surface area contributed by atoms with E-state index in [1.165, 1.54) is 0 Å². The summed E-state index contributed by atoms with van der Waals surface area (Å²) < 4.78 is 0. The van der Waals surface area contributed by atoms with Crippen LogP contribution in [0.25, 0.3) is 0 Å². The number of carbonyl (C=O) groups is 4. The van der Waals surface area contributed by atoms with Crippen LogP contribution in [0.5, 0.6) is 0 Å². The van der Waals surface area contributed by atoms with E-state index in [4.69, 9.17) is 0 Å². The molecule has 9 nitrogen and oxygen atoms in total. The van der Waals surface area contributed by atoms with Crippen LogP contribution in [0, 0.1) is 0 Å². The fourth-order valence-electron chi connectivity index (χ4n) is 4.59. The molecule has 32 heavy (non-hydrogen) atoms. The second-order valence-corrected chi connectivity index (χ2v) is 8.30. The molecule has 2 aromatic rings. The lowest BCUT2D eigenvalue weighted by atomic mass is 10.0. The van der Waals surface area contributed by atoms with Gasteiger partial charge < -0.3 is 4.90 Å². The van der Waals surface area contributed by atoms with E-state index in [1.807, 2.05) is 18.2 Å². The van der Waals surface area contributed by atoms with Gasteiger partial charge in [0.1, 0.15) is 6.04 Å². The van der Waals surface area contributed by atoms with Crippen molar-refractivity contribution in [2.75, 3.05) is 31.1 Å². The number of amides is 4. The molecule has 3 aliphatic heterocycles. The quantitative estimate of drug-likeness (QED) is 0.712. The molecule has 0 radical (unpaired) electrons. The number of hydrogen-bond donors (Lipinski definition) is 1. The maximum atomic E-state index is 13.0. The lowest BCUT2D eigenvalue weighted by molar-refractivity contribution is -0.136. The van der Waals surface area contributed by atoms with Gasteiger partial charge in [-0.25, -0.2) is 0 Å². The van der Waals surface area contributed by atoms with E-state index in [9.17, 15) is 19.2 Å². The molecule has 0 saturated carbocycles. The van der Waals surface area contributed by atoms with E-state index in [0.717, 1.165) is 42.3 Å². The molecule has 0 aliphatic carbocycles. The summed E-state index contributed by atoms with van der Waals surface area (Å²) in [4.78, 5) is 59.1. The van der Waals surface area contributed by atoms with Gasteiger partial charge in [0.2, 0.25) is 11.8 Å². The summed E-state index contributed by atoms with van der Waals surface area (Å²) in [5, 5.41) is 2.22. The number of nitrogens with one attached hydrogen (secondary N) is 1. The Labute approximate surface area is 185 Å². The highest BCUT2D eigenvalue weighted by Crippen LogP contribution is 2.29. The molecule has 2 fully saturated rings. The van der Waals surface area contributed by atoms with E-state index in [0.29, 0.717) is 17.7 Å². The Bertz CT molecular complexity index is 1090. The molecular weight excluding hydrogens is 410 g/mol. The number of anilines is 1. The molecule has 0 bridgehead atoms. The van der Waals surface area contributed by atoms with Crippen molar-refractivity contribution in [2.24, 2.45) is 0 Å². The van der Waals surface area contributed by atoms with Crippen molar-refractivity contribution in [1.82, 2.24) is 20.1 Å². The predicted octanol–water partition coefficient (Wildman–Crippen LogP) is 0.805. The SMILES string of the molecule is O=C1CCC(N2C(=O)c3ccc(CN4CCN(c5ccncc5)CC4)cc3C2=O)C(=O)N1. The van der Waals surface area contributed by atoms with Gasteiger partial charge in [-0.05, 0) is 36.2 Å². The smallest absolute Gasteiger partial charge is 0.262 e. The van der Waals surface area contributed by atoms with Gasteiger partial charge in [0.25, 0.3) is 11.8 Å². The third kappa shape index (κ3) is 3.64. The minimum absolute atomic E-state index is 0.112. The summed E-state index contributed by atoms with van der Waals surface area (Å²) >= 11 is 0. The molecule has 1 N–H and O–H groups in total. The normalized spacial score (nSPS) is 21.7. The number of fused-ring (bicyclic) bond motifs is 1. The van der Waals surface area contributed by atoms with Crippen molar-refractivity contribution in [3.8, 4) is 0 Å². The van der Waals surface area contributed by atoms with Crippen LogP contribution in [0.2, 0.25) is 0 Å². The van der Waals surface area contributed by atoms with Gasteiger partial charge in [-0.3, -0.25) is 39.3 Å². The van der Waals surface area contributed by atoms with E-state index in [-0.39, 0.29) is 18.7 Å². The van der Waals surface area contributed by atoms with Crippen LogP contribution in [0.4, 0.5) is 5.69 Å². The molecule has 1 aromatic heterocycles. The number of aromatic nitrogens is 1. The molecule has 1 atom stereocenters. The summed E-state index contributed by atoms with van der Waals surface area (Å²) in [6, 6.07) is 8.37. The highest BCUT2D eigenvalue weighted by molar-refractivity contribution is 6.23. The van der Waals surface area contributed by atoms with Crippen molar-refractivity contribution in [3.05, 3.63) is 59.4 Å². The molecule has 2 saturated heterocycles. The zero-order valence-electron chi connectivity index (χ0n) is 17.5. The molecule has 3 aliphatic rings. The minimum Gasteiger partial charge on any atom is -0.369 e. The maximum Gasteiger partial charge on any atom is 0.262 e. The topological polar surface area (TPSA) is 103 Å². The summed E-state index contributed by atoms with van der Waals surface area (Å²) in [7, 11) is 0.